The van der Waals surface area contributed by atoms with Crippen molar-refractivity contribution in [2.45, 2.75) is 18.7 Å². The van der Waals surface area contributed by atoms with Gasteiger partial charge in [0.1, 0.15) is 11.2 Å². The van der Waals surface area contributed by atoms with Crippen molar-refractivity contribution in [1.29, 1.82) is 0 Å². The van der Waals surface area contributed by atoms with Gasteiger partial charge in [-0.25, -0.2) is 0 Å². The minimum atomic E-state index is -3.98. The van der Waals surface area contributed by atoms with Gasteiger partial charge < -0.3 is 9.73 Å². The molecule has 1 aliphatic rings. The zero-order chi connectivity index (χ0) is 20.6. The fourth-order valence-electron chi connectivity index (χ4n) is 3.00. The quantitative estimate of drug-likeness (QED) is 0.698. The van der Waals surface area contributed by atoms with Gasteiger partial charge in [-0.2, -0.15) is 8.42 Å². The van der Waals surface area contributed by atoms with Gasteiger partial charge >= 0.3 is 0 Å². The maximum atomic E-state index is 13.0. The van der Waals surface area contributed by atoms with E-state index in [0.29, 0.717) is 16.9 Å². The van der Waals surface area contributed by atoms with Crippen LogP contribution in [0.15, 0.2) is 80.8 Å². The van der Waals surface area contributed by atoms with Crippen LogP contribution in [0.5, 0.6) is 0 Å². The Labute approximate surface area is 168 Å². The summed E-state index contributed by atoms with van der Waals surface area (Å²) in [6.45, 7) is 3.53. The predicted molar refractivity (Wildman–Crippen MR) is 111 cm³/mol. The lowest BCUT2D eigenvalue weighted by atomic mass is 10.1. The van der Waals surface area contributed by atoms with Crippen molar-refractivity contribution in [3.63, 3.8) is 0 Å². The maximum Gasteiger partial charge on any atom is 0.286 e. The zero-order valence-electron chi connectivity index (χ0n) is 15.9. The molecule has 0 unspecified atom stereocenters. The number of carbonyl (C=O) groups is 1. The molecule has 0 saturated carbocycles. The highest BCUT2D eigenvalue weighted by atomic mass is 32.2. The lowest BCUT2D eigenvalue weighted by Gasteiger charge is -2.30. The number of nitrogens with one attached hydrogen (secondary N) is 1. The van der Waals surface area contributed by atoms with E-state index in [2.05, 4.69) is 9.71 Å². The van der Waals surface area contributed by atoms with Gasteiger partial charge in [0, 0.05) is 17.3 Å². The van der Waals surface area contributed by atoms with E-state index in [1.807, 2.05) is 30.3 Å². The summed E-state index contributed by atoms with van der Waals surface area (Å²) < 4.78 is 35.1. The molecule has 1 aliphatic heterocycles. The molecule has 1 aromatic heterocycles. The van der Waals surface area contributed by atoms with Crippen LogP contribution in [0.1, 0.15) is 19.4 Å². The summed E-state index contributed by atoms with van der Waals surface area (Å²) in [5.41, 5.74) is 2.15. The van der Waals surface area contributed by atoms with Crippen LogP contribution in [0.3, 0.4) is 0 Å². The maximum absolute atomic E-state index is 13.0. The van der Waals surface area contributed by atoms with Crippen LogP contribution in [0, 0.1) is 5.92 Å². The van der Waals surface area contributed by atoms with Gasteiger partial charge in [0.2, 0.25) is 5.91 Å². The number of benzene rings is 2. The molecule has 0 atom stereocenters. The predicted octanol–water partition coefficient (Wildman–Crippen LogP) is 4.16. The molecule has 0 saturated heterocycles. The van der Waals surface area contributed by atoms with Gasteiger partial charge in [-0.3, -0.25) is 9.69 Å². The highest BCUT2D eigenvalue weighted by Gasteiger charge is 2.33. The molecule has 1 amide bonds. The van der Waals surface area contributed by atoms with E-state index in [0.717, 1.165) is 5.69 Å². The molecule has 2 aromatic carbocycles. The number of amides is 1. The molecule has 3 aromatic rings. The van der Waals surface area contributed by atoms with Crippen molar-refractivity contribution >= 4 is 38.8 Å². The number of nitrogens with zero attached hydrogens (tertiary/aromatic N) is 2. The van der Waals surface area contributed by atoms with Crippen LogP contribution in [-0.4, -0.2) is 20.2 Å². The Morgan fingerprint density at radius 1 is 1.10 bits per heavy atom. The second kappa shape index (κ2) is 7.21. The first-order valence-electron chi connectivity index (χ1n) is 9.04. The molecule has 29 heavy (non-hydrogen) atoms. The third-order valence-corrected chi connectivity index (χ3v) is 5.78. The van der Waals surface area contributed by atoms with Crippen LogP contribution in [-0.2, 0) is 14.8 Å². The molecular formula is C21H19N3O4S. The summed E-state index contributed by atoms with van der Waals surface area (Å²) in [6, 6.07) is 15.8. The molecule has 0 fully saturated rings. The number of hydrogen-bond donors (Lipinski definition) is 1. The summed E-state index contributed by atoms with van der Waals surface area (Å²) in [5.74, 6) is -0.175. The smallest absolute Gasteiger partial charge is 0.286 e. The Morgan fingerprint density at radius 3 is 2.52 bits per heavy atom. The van der Waals surface area contributed by atoms with E-state index in [9.17, 15) is 13.2 Å². The Bertz CT molecular complexity index is 1180. The molecule has 7 nitrogen and oxygen atoms in total. The minimum Gasteiger partial charge on any atom is -0.472 e. The number of para-hydroxylation sites is 1. The number of hydrogen-bond acceptors (Lipinski definition) is 5. The molecule has 1 N–H and O–H groups in total. The van der Waals surface area contributed by atoms with Crippen molar-refractivity contribution in [3.05, 3.63) is 72.7 Å². The Balaban J connectivity index is 1.89. The summed E-state index contributed by atoms with van der Waals surface area (Å²) in [4.78, 5) is 13.8. The summed E-state index contributed by atoms with van der Waals surface area (Å²) in [7, 11) is -3.98. The number of carbonyl (C=O) groups excluding carboxylic acids is 1. The summed E-state index contributed by atoms with van der Waals surface area (Å²) in [5, 5.41) is 2.74. The first-order valence-corrected chi connectivity index (χ1v) is 10.5. The fraction of sp³-hybridized carbons (Fsp3) is 0.143. The molecule has 148 valence electrons. The second-order valence-corrected chi connectivity index (χ2v) is 8.47. The van der Waals surface area contributed by atoms with Crippen molar-refractivity contribution in [2.75, 3.05) is 10.2 Å². The molecular weight excluding hydrogens is 390 g/mol. The summed E-state index contributed by atoms with van der Waals surface area (Å²) >= 11 is 0. The Morgan fingerprint density at radius 2 is 1.86 bits per heavy atom. The van der Waals surface area contributed by atoms with E-state index >= 15 is 0 Å². The molecule has 0 radical (unpaired) electrons. The summed E-state index contributed by atoms with van der Waals surface area (Å²) in [6.07, 6.45) is 2.92. The van der Waals surface area contributed by atoms with E-state index < -0.39 is 10.0 Å². The molecule has 2 heterocycles. The van der Waals surface area contributed by atoms with Crippen LogP contribution in [0.2, 0.25) is 0 Å². The van der Waals surface area contributed by atoms with Gasteiger partial charge in [-0.15, -0.1) is 4.40 Å². The number of furan rings is 1. The average molecular weight is 409 g/mol. The van der Waals surface area contributed by atoms with Gasteiger partial charge in [-0.05, 0) is 36.4 Å². The van der Waals surface area contributed by atoms with Crippen LogP contribution >= 0.6 is 0 Å². The molecule has 0 spiro atoms. The van der Waals surface area contributed by atoms with Gasteiger partial charge in [0.05, 0.1) is 17.5 Å². The van der Waals surface area contributed by atoms with Crippen molar-refractivity contribution in [2.24, 2.45) is 10.3 Å². The SMILES string of the molecule is CC(C)C(=O)Nc1ccc2c(c1)S(=O)(=O)N=C(c1ccoc1)N2c1ccccc1. The fourth-order valence-corrected chi connectivity index (χ4v) is 4.21. The molecule has 8 heteroatoms. The van der Waals surface area contributed by atoms with E-state index in [-0.39, 0.29) is 22.6 Å². The standard InChI is InChI=1S/C21H19N3O4S/c1-14(2)21(25)22-16-8-9-18-19(12-16)29(26,27)23-20(15-10-11-28-13-15)24(18)17-6-4-3-5-7-17/h3-14H,1-2H3,(H,22,25). The monoisotopic (exact) mass is 409 g/mol. The first-order chi connectivity index (χ1) is 13.9. The van der Waals surface area contributed by atoms with Crippen molar-refractivity contribution < 1.29 is 17.6 Å². The van der Waals surface area contributed by atoms with E-state index in [1.165, 1.54) is 18.6 Å². The lowest BCUT2D eigenvalue weighted by molar-refractivity contribution is -0.118. The van der Waals surface area contributed by atoms with Crippen molar-refractivity contribution in [3.8, 4) is 0 Å². The van der Waals surface area contributed by atoms with E-state index in [1.54, 1.807) is 36.9 Å². The van der Waals surface area contributed by atoms with Crippen LogP contribution in [0.25, 0.3) is 0 Å². The normalized spacial score (nSPS) is 15.0. The number of fused-ring (bicyclic) bond motifs is 1. The molecule has 4 rings (SSSR count). The lowest BCUT2D eigenvalue weighted by Crippen LogP contribution is -2.32. The van der Waals surface area contributed by atoms with Crippen LogP contribution < -0.4 is 10.2 Å². The molecule has 0 aliphatic carbocycles. The molecule has 0 bridgehead atoms. The zero-order valence-corrected chi connectivity index (χ0v) is 16.7. The Hall–Kier alpha value is -3.39. The highest BCUT2D eigenvalue weighted by Crippen LogP contribution is 2.39. The average Bonchev–Trinajstić information content (AvgIpc) is 3.23. The largest absolute Gasteiger partial charge is 0.472 e. The highest BCUT2D eigenvalue weighted by molar-refractivity contribution is 7.90. The van der Waals surface area contributed by atoms with Crippen LogP contribution in [0.4, 0.5) is 17.1 Å². The number of sulfonamides is 1. The second-order valence-electron chi connectivity index (χ2n) is 6.90. The van der Waals surface area contributed by atoms with Gasteiger partial charge in [-0.1, -0.05) is 32.0 Å². The van der Waals surface area contributed by atoms with Crippen molar-refractivity contribution in [1.82, 2.24) is 0 Å². The Kier molecular flexibility index (Phi) is 4.71. The number of rotatable bonds is 4. The third kappa shape index (κ3) is 3.54. The topological polar surface area (TPSA) is 92.0 Å². The first kappa shape index (κ1) is 18.9. The van der Waals surface area contributed by atoms with Gasteiger partial charge in [0.15, 0.2) is 5.84 Å². The number of amidine groups is 1. The third-order valence-electron chi connectivity index (χ3n) is 4.48. The van der Waals surface area contributed by atoms with Gasteiger partial charge in [0.25, 0.3) is 10.0 Å². The number of anilines is 3. The van der Waals surface area contributed by atoms with E-state index in [4.69, 9.17) is 4.42 Å². The minimum absolute atomic E-state index is 0.0233.